The lowest BCUT2D eigenvalue weighted by molar-refractivity contribution is -0.125. The van der Waals surface area contributed by atoms with Crippen LogP contribution in [0.4, 0.5) is 27.1 Å². The minimum Gasteiger partial charge on any atom is -0.397 e. The van der Waals surface area contributed by atoms with Crippen LogP contribution in [0.15, 0.2) is 103 Å². The summed E-state index contributed by atoms with van der Waals surface area (Å²) in [6, 6.07) is 27.1. The molecule has 0 aliphatic rings. The molecule has 4 aromatic rings. The molecule has 7 nitrogen and oxygen atoms in total. The van der Waals surface area contributed by atoms with Crippen molar-refractivity contribution in [3.63, 3.8) is 0 Å². The van der Waals surface area contributed by atoms with Gasteiger partial charge in [0.1, 0.15) is 11.7 Å². The van der Waals surface area contributed by atoms with E-state index < -0.39 is 29.5 Å². The van der Waals surface area contributed by atoms with Gasteiger partial charge in [-0.25, -0.2) is 4.39 Å². The van der Waals surface area contributed by atoms with E-state index >= 15 is 0 Å². The smallest absolute Gasteiger partial charge is 0.255 e. The molecule has 0 aliphatic heterocycles. The minimum atomic E-state index is -1.27. The number of carbonyl (C=O) groups excluding carboxylic acids is 3. The molecule has 5 N–H and O–H groups in total. The first-order valence-corrected chi connectivity index (χ1v) is 11.1. The lowest BCUT2D eigenvalue weighted by atomic mass is 9.95. The molecule has 8 heteroatoms. The Bertz CT molecular complexity index is 1390. The van der Waals surface area contributed by atoms with Crippen molar-refractivity contribution in [1.82, 2.24) is 0 Å². The van der Waals surface area contributed by atoms with Crippen molar-refractivity contribution in [3.8, 4) is 0 Å². The highest BCUT2D eigenvalue weighted by Gasteiger charge is 2.29. The maximum atomic E-state index is 13.6. The number of nitrogens with one attached hydrogen (secondary N) is 3. The Labute approximate surface area is 207 Å². The molecule has 180 valence electrons. The predicted octanol–water partition coefficient (Wildman–Crippen LogP) is 5.02. The molecule has 1 atom stereocenters. The molecule has 0 aromatic heterocycles. The van der Waals surface area contributed by atoms with E-state index in [9.17, 15) is 18.8 Å². The number of nitrogens with two attached hydrogens (primary N) is 1. The number of rotatable bonds is 7. The molecule has 0 fully saturated rings. The van der Waals surface area contributed by atoms with Crippen LogP contribution in [0.1, 0.15) is 21.8 Å². The summed E-state index contributed by atoms with van der Waals surface area (Å²) in [5.41, 5.74) is 8.19. The SMILES string of the molecule is Nc1ccccc1NC(=O)c1ccc(C(C(=O)Nc2ccccc2)C(=O)Nc2cccc(F)c2)cc1. The molecule has 36 heavy (non-hydrogen) atoms. The van der Waals surface area contributed by atoms with Gasteiger partial charge in [-0.05, 0) is 60.2 Å². The van der Waals surface area contributed by atoms with Crippen LogP contribution in [0, 0.1) is 5.82 Å². The number of benzene rings is 4. The summed E-state index contributed by atoms with van der Waals surface area (Å²) in [7, 11) is 0. The Morgan fingerprint density at radius 2 is 1.28 bits per heavy atom. The summed E-state index contributed by atoms with van der Waals surface area (Å²) in [6.07, 6.45) is 0. The predicted molar refractivity (Wildman–Crippen MR) is 138 cm³/mol. The van der Waals surface area contributed by atoms with Crippen molar-refractivity contribution in [2.24, 2.45) is 0 Å². The lowest BCUT2D eigenvalue weighted by Gasteiger charge is -2.18. The van der Waals surface area contributed by atoms with Gasteiger partial charge in [0.2, 0.25) is 11.8 Å². The third kappa shape index (κ3) is 5.92. The fourth-order valence-electron chi connectivity index (χ4n) is 3.57. The number of hydrogen-bond donors (Lipinski definition) is 4. The maximum absolute atomic E-state index is 13.6. The lowest BCUT2D eigenvalue weighted by Crippen LogP contribution is -2.32. The van der Waals surface area contributed by atoms with Crippen molar-refractivity contribution < 1.29 is 18.8 Å². The highest BCUT2D eigenvalue weighted by atomic mass is 19.1. The second kappa shape index (κ2) is 11.0. The molecular weight excluding hydrogens is 459 g/mol. The molecule has 1 unspecified atom stereocenters. The number of nitrogen functional groups attached to an aromatic ring is 1. The van der Waals surface area contributed by atoms with Crippen molar-refractivity contribution >= 4 is 40.5 Å². The standard InChI is InChI=1S/C28H23FN4O3/c29-20-7-6-10-22(17-20)32-28(36)25(27(35)31-21-8-2-1-3-9-21)18-13-15-19(16-14-18)26(34)33-24-12-5-4-11-23(24)30/h1-17,25H,30H2,(H,31,35)(H,32,36)(H,33,34). The Balaban J connectivity index is 1.58. The third-order valence-corrected chi connectivity index (χ3v) is 5.37. The molecule has 0 radical (unpaired) electrons. The molecule has 3 amide bonds. The number of hydrogen-bond acceptors (Lipinski definition) is 4. The number of carbonyl (C=O) groups is 3. The minimum absolute atomic E-state index is 0.217. The quantitative estimate of drug-likeness (QED) is 0.219. The Morgan fingerprint density at radius 3 is 1.94 bits per heavy atom. The Morgan fingerprint density at radius 1 is 0.667 bits per heavy atom. The second-order valence-electron chi connectivity index (χ2n) is 7.95. The summed E-state index contributed by atoms with van der Waals surface area (Å²) >= 11 is 0. The molecule has 0 heterocycles. The first-order valence-electron chi connectivity index (χ1n) is 11.1. The first-order chi connectivity index (χ1) is 17.4. The zero-order valence-corrected chi connectivity index (χ0v) is 19.1. The fourth-order valence-corrected chi connectivity index (χ4v) is 3.57. The third-order valence-electron chi connectivity index (χ3n) is 5.37. The van der Waals surface area contributed by atoms with E-state index in [1.54, 1.807) is 54.6 Å². The summed E-state index contributed by atoms with van der Waals surface area (Å²) < 4.78 is 13.6. The van der Waals surface area contributed by atoms with Crippen molar-refractivity contribution in [3.05, 3.63) is 120 Å². The van der Waals surface area contributed by atoms with E-state index in [1.807, 2.05) is 0 Å². The van der Waals surface area contributed by atoms with Gasteiger partial charge in [0.15, 0.2) is 0 Å². The summed E-state index contributed by atoms with van der Waals surface area (Å²) in [5, 5.41) is 8.05. The Kier molecular flexibility index (Phi) is 7.36. The van der Waals surface area contributed by atoms with Gasteiger partial charge in [-0.3, -0.25) is 14.4 Å². The molecule has 4 rings (SSSR count). The van der Waals surface area contributed by atoms with Gasteiger partial charge in [-0.2, -0.15) is 0 Å². The van der Waals surface area contributed by atoms with E-state index in [1.165, 1.54) is 42.5 Å². The van der Waals surface area contributed by atoms with E-state index in [4.69, 9.17) is 5.73 Å². The van der Waals surface area contributed by atoms with Crippen LogP contribution < -0.4 is 21.7 Å². The van der Waals surface area contributed by atoms with Crippen LogP contribution in [-0.2, 0) is 9.59 Å². The van der Waals surface area contributed by atoms with Crippen LogP contribution in [0.25, 0.3) is 0 Å². The number of halogens is 1. The van der Waals surface area contributed by atoms with Crippen LogP contribution in [0.3, 0.4) is 0 Å². The molecule has 0 saturated carbocycles. The van der Waals surface area contributed by atoms with E-state index in [-0.39, 0.29) is 5.69 Å². The largest absolute Gasteiger partial charge is 0.397 e. The number of para-hydroxylation sites is 3. The molecule has 4 aromatic carbocycles. The normalized spacial score (nSPS) is 11.2. The van der Waals surface area contributed by atoms with Gasteiger partial charge in [0.25, 0.3) is 5.91 Å². The van der Waals surface area contributed by atoms with Gasteiger partial charge in [0.05, 0.1) is 11.4 Å². The zero-order chi connectivity index (χ0) is 25.5. The summed E-state index contributed by atoms with van der Waals surface area (Å²) in [4.78, 5) is 39.0. The molecule has 0 bridgehead atoms. The topological polar surface area (TPSA) is 113 Å². The van der Waals surface area contributed by atoms with Gasteiger partial charge in [-0.15, -0.1) is 0 Å². The monoisotopic (exact) mass is 482 g/mol. The molecule has 0 spiro atoms. The average molecular weight is 483 g/mol. The summed E-state index contributed by atoms with van der Waals surface area (Å²) in [6.45, 7) is 0. The van der Waals surface area contributed by atoms with Gasteiger partial charge in [0, 0.05) is 16.9 Å². The van der Waals surface area contributed by atoms with Crippen LogP contribution >= 0.6 is 0 Å². The fraction of sp³-hybridized carbons (Fsp3) is 0.0357. The number of anilines is 4. The maximum Gasteiger partial charge on any atom is 0.255 e. The van der Waals surface area contributed by atoms with E-state index in [0.29, 0.717) is 28.2 Å². The van der Waals surface area contributed by atoms with Gasteiger partial charge < -0.3 is 21.7 Å². The van der Waals surface area contributed by atoms with Crippen LogP contribution in [0.5, 0.6) is 0 Å². The summed E-state index contributed by atoms with van der Waals surface area (Å²) in [5.74, 6) is -3.41. The van der Waals surface area contributed by atoms with Crippen molar-refractivity contribution in [1.29, 1.82) is 0 Å². The van der Waals surface area contributed by atoms with Gasteiger partial charge >= 0.3 is 0 Å². The van der Waals surface area contributed by atoms with Crippen LogP contribution in [-0.4, -0.2) is 17.7 Å². The van der Waals surface area contributed by atoms with E-state index in [0.717, 1.165) is 6.07 Å². The van der Waals surface area contributed by atoms with E-state index in [2.05, 4.69) is 16.0 Å². The number of amides is 3. The van der Waals surface area contributed by atoms with Crippen LogP contribution in [0.2, 0.25) is 0 Å². The Hall–Kier alpha value is -4.98. The second-order valence-corrected chi connectivity index (χ2v) is 7.95. The average Bonchev–Trinajstić information content (AvgIpc) is 2.86. The highest BCUT2D eigenvalue weighted by molar-refractivity contribution is 6.15. The van der Waals surface area contributed by atoms with Crippen molar-refractivity contribution in [2.75, 3.05) is 21.7 Å². The molecule has 0 aliphatic carbocycles. The first kappa shape index (κ1) is 24.2. The molecule has 0 saturated heterocycles. The highest BCUT2D eigenvalue weighted by Crippen LogP contribution is 2.23. The zero-order valence-electron chi connectivity index (χ0n) is 19.1. The van der Waals surface area contributed by atoms with Gasteiger partial charge in [-0.1, -0.05) is 48.5 Å². The van der Waals surface area contributed by atoms with Crippen molar-refractivity contribution in [2.45, 2.75) is 5.92 Å². The molecular formula is C28H23FN4O3.